The van der Waals surface area contributed by atoms with E-state index < -0.39 is 0 Å². The molecule has 0 spiro atoms. The summed E-state index contributed by atoms with van der Waals surface area (Å²) < 4.78 is 13.4. The number of nitrogens with zero attached hydrogens (tertiary/aromatic N) is 1. The van der Waals surface area contributed by atoms with Gasteiger partial charge in [-0.15, -0.1) is 0 Å². The highest BCUT2D eigenvalue weighted by atomic mass is 16.7. The van der Waals surface area contributed by atoms with Gasteiger partial charge in [-0.05, 0) is 50.6 Å². The Balaban J connectivity index is 1.93. The van der Waals surface area contributed by atoms with E-state index in [1.165, 1.54) is 16.6 Å². The lowest BCUT2D eigenvalue weighted by atomic mass is 10.2. The molecule has 3 nitrogen and oxygen atoms in total. The lowest BCUT2D eigenvalue weighted by Crippen LogP contribution is -2.17. The van der Waals surface area contributed by atoms with Crippen LogP contribution in [0.4, 0.5) is 0 Å². The van der Waals surface area contributed by atoms with Crippen molar-refractivity contribution in [2.45, 2.75) is 39.4 Å². The number of rotatable bonds is 8. The fraction of sp³-hybridized carbons (Fsp3) is 0.529. The van der Waals surface area contributed by atoms with Gasteiger partial charge in [-0.3, -0.25) is 0 Å². The van der Waals surface area contributed by atoms with E-state index in [4.69, 9.17) is 9.47 Å². The minimum atomic E-state index is -0.0558. The van der Waals surface area contributed by atoms with Crippen LogP contribution in [0.2, 0.25) is 0 Å². The van der Waals surface area contributed by atoms with Gasteiger partial charge in [-0.25, -0.2) is 0 Å². The first-order chi connectivity index (χ1) is 9.76. The van der Waals surface area contributed by atoms with Gasteiger partial charge >= 0.3 is 0 Å². The summed E-state index contributed by atoms with van der Waals surface area (Å²) in [5.41, 5.74) is 2.67. The summed E-state index contributed by atoms with van der Waals surface area (Å²) in [4.78, 5) is 0. The zero-order valence-electron chi connectivity index (χ0n) is 12.8. The molecule has 2 aromatic rings. The molecule has 0 bridgehead atoms. The van der Waals surface area contributed by atoms with Gasteiger partial charge in [-0.1, -0.05) is 18.2 Å². The average Bonchev–Trinajstić information content (AvgIpc) is 2.77. The molecule has 0 fully saturated rings. The Morgan fingerprint density at radius 2 is 1.80 bits per heavy atom. The third-order valence-electron chi connectivity index (χ3n) is 3.63. The minimum absolute atomic E-state index is 0.0558. The fourth-order valence-corrected chi connectivity index (χ4v) is 2.62. The van der Waals surface area contributed by atoms with Crippen molar-refractivity contribution < 1.29 is 9.47 Å². The third-order valence-corrected chi connectivity index (χ3v) is 3.63. The Kier molecular flexibility index (Phi) is 5.62. The predicted molar refractivity (Wildman–Crippen MR) is 82.9 cm³/mol. The van der Waals surface area contributed by atoms with E-state index in [-0.39, 0.29) is 6.29 Å². The molecular formula is C17H25NO2. The van der Waals surface area contributed by atoms with Gasteiger partial charge in [0.1, 0.15) is 0 Å². The second-order valence-corrected chi connectivity index (χ2v) is 4.99. The molecule has 2 rings (SSSR count). The summed E-state index contributed by atoms with van der Waals surface area (Å²) in [6.45, 7) is 5.43. The van der Waals surface area contributed by atoms with Crippen LogP contribution >= 0.6 is 0 Å². The number of hydrogen-bond acceptors (Lipinski definition) is 2. The second kappa shape index (κ2) is 7.46. The molecule has 3 heteroatoms. The van der Waals surface area contributed by atoms with E-state index in [1.807, 2.05) is 13.8 Å². The number of benzene rings is 1. The number of fused-ring (bicyclic) bond motifs is 1. The van der Waals surface area contributed by atoms with Crippen molar-refractivity contribution >= 4 is 10.9 Å². The maximum Gasteiger partial charge on any atom is 0.157 e. The van der Waals surface area contributed by atoms with Crippen molar-refractivity contribution in [2.75, 3.05) is 13.2 Å². The van der Waals surface area contributed by atoms with Crippen molar-refractivity contribution in [3.8, 4) is 0 Å². The Morgan fingerprint density at radius 1 is 1.10 bits per heavy atom. The number of para-hydroxylation sites is 1. The smallest absolute Gasteiger partial charge is 0.157 e. The van der Waals surface area contributed by atoms with Crippen LogP contribution in [-0.2, 0) is 22.9 Å². The molecule has 20 heavy (non-hydrogen) atoms. The van der Waals surface area contributed by atoms with Crippen LogP contribution in [0.15, 0.2) is 30.3 Å². The highest BCUT2D eigenvalue weighted by Crippen LogP contribution is 2.20. The Hall–Kier alpha value is -1.32. The highest BCUT2D eigenvalue weighted by molar-refractivity contribution is 5.81. The van der Waals surface area contributed by atoms with Gasteiger partial charge in [0.05, 0.1) is 0 Å². The van der Waals surface area contributed by atoms with E-state index >= 15 is 0 Å². The van der Waals surface area contributed by atoms with Gasteiger partial charge in [0.25, 0.3) is 0 Å². The minimum Gasteiger partial charge on any atom is -0.353 e. The van der Waals surface area contributed by atoms with Crippen molar-refractivity contribution in [1.29, 1.82) is 0 Å². The first kappa shape index (κ1) is 15.1. The van der Waals surface area contributed by atoms with E-state index in [9.17, 15) is 0 Å². The van der Waals surface area contributed by atoms with Crippen LogP contribution in [0.5, 0.6) is 0 Å². The largest absolute Gasteiger partial charge is 0.353 e. The monoisotopic (exact) mass is 275 g/mol. The van der Waals surface area contributed by atoms with Gasteiger partial charge in [0, 0.05) is 31.5 Å². The number of ether oxygens (including phenoxy) is 2. The SMILES string of the molecule is CCOC(CCCc1cc2ccccc2n1C)OCC. The normalized spacial score (nSPS) is 11.6. The maximum atomic E-state index is 5.58. The van der Waals surface area contributed by atoms with E-state index in [0.29, 0.717) is 13.2 Å². The molecule has 1 aromatic heterocycles. The van der Waals surface area contributed by atoms with Crippen molar-refractivity contribution in [3.05, 3.63) is 36.0 Å². The Labute approximate surface area is 121 Å². The molecule has 0 amide bonds. The molecule has 0 radical (unpaired) electrons. The molecule has 0 aliphatic rings. The quantitative estimate of drug-likeness (QED) is 0.682. The fourth-order valence-electron chi connectivity index (χ4n) is 2.62. The predicted octanol–water partition coefficient (Wildman–Crippen LogP) is 3.90. The summed E-state index contributed by atoms with van der Waals surface area (Å²) in [6.07, 6.45) is 3.03. The lowest BCUT2D eigenvalue weighted by molar-refractivity contribution is -0.140. The number of aromatic nitrogens is 1. The number of hydrogen-bond donors (Lipinski definition) is 0. The molecule has 0 aliphatic carbocycles. The van der Waals surface area contributed by atoms with Gasteiger partial charge < -0.3 is 14.0 Å². The molecule has 110 valence electrons. The Bertz CT molecular complexity index is 527. The summed E-state index contributed by atoms with van der Waals surface area (Å²) in [6, 6.07) is 10.8. The van der Waals surface area contributed by atoms with Crippen molar-refractivity contribution in [3.63, 3.8) is 0 Å². The highest BCUT2D eigenvalue weighted by Gasteiger charge is 2.09. The molecule has 1 aromatic carbocycles. The second-order valence-electron chi connectivity index (χ2n) is 4.99. The van der Waals surface area contributed by atoms with E-state index in [0.717, 1.165) is 19.3 Å². The summed E-state index contributed by atoms with van der Waals surface area (Å²) in [5, 5.41) is 1.32. The molecule has 0 saturated heterocycles. The van der Waals surface area contributed by atoms with Gasteiger partial charge in [0.15, 0.2) is 6.29 Å². The van der Waals surface area contributed by atoms with Crippen LogP contribution in [-0.4, -0.2) is 24.1 Å². The molecule has 0 N–H and O–H groups in total. The summed E-state index contributed by atoms with van der Waals surface area (Å²) >= 11 is 0. The van der Waals surface area contributed by atoms with Crippen LogP contribution in [0.3, 0.4) is 0 Å². The molecule has 1 heterocycles. The molecule has 0 unspecified atom stereocenters. The van der Waals surface area contributed by atoms with Crippen molar-refractivity contribution in [2.24, 2.45) is 7.05 Å². The van der Waals surface area contributed by atoms with Gasteiger partial charge in [0.2, 0.25) is 0 Å². The van der Waals surface area contributed by atoms with Crippen LogP contribution in [0, 0.1) is 0 Å². The van der Waals surface area contributed by atoms with Gasteiger partial charge in [-0.2, -0.15) is 0 Å². The van der Waals surface area contributed by atoms with E-state index in [1.54, 1.807) is 0 Å². The first-order valence-electron chi connectivity index (χ1n) is 7.52. The molecular weight excluding hydrogens is 250 g/mol. The standard InChI is InChI=1S/C17H25NO2/c1-4-19-17(20-5-2)12-8-10-15-13-14-9-6-7-11-16(14)18(15)3/h6-7,9,11,13,17H,4-5,8,10,12H2,1-3H3. The lowest BCUT2D eigenvalue weighted by Gasteiger charge is -2.16. The zero-order chi connectivity index (χ0) is 14.4. The first-order valence-corrected chi connectivity index (χ1v) is 7.52. The average molecular weight is 275 g/mol. The summed E-state index contributed by atoms with van der Waals surface area (Å²) in [5.74, 6) is 0. The van der Waals surface area contributed by atoms with Crippen LogP contribution in [0.1, 0.15) is 32.4 Å². The Morgan fingerprint density at radius 3 is 2.45 bits per heavy atom. The molecule has 0 aliphatic heterocycles. The molecule has 0 saturated carbocycles. The zero-order valence-corrected chi connectivity index (χ0v) is 12.8. The van der Waals surface area contributed by atoms with Crippen LogP contribution < -0.4 is 0 Å². The van der Waals surface area contributed by atoms with E-state index in [2.05, 4.69) is 41.9 Å². The third kappa shape index (κ3) is 3.62. The molecule has 0 atom stereocenters. The topological polar surface area (TPSA) is 23.4 Å². The van der Waals surface area contributed by atoms with Crippen molar-refractivity contribution in [1.82, 2.24) is 4.57 Å². The van der Waals surface area contributed by atoms with Crippen LogP contribution in [0.25, 0.3) is 10.9 Å². The number of aryl methyl sites for hydroxylation is 2. The summed E-state index contributed by atoms with van der Waals surface area (Å²) in [7, 11) is 2.14. The maximum absolute atomic E-state index is 5.58.